The number of nitrogens with zero attached hydrogens (tertiary/aromatic N) is 4. The number of hydrogen-bond donors (Lipinski definition) is 1. The Hall–Kier alpha value is -2.34. The van der Waals surface area contributed by atoms with Crippen LogP contribution >= 0.6 is 31.9 Å². The second-order valence-corrected chi connectivity index (χ2v) is 6.33. The molecule has 126 valence electrons. The van der Waals surface area contributed by atoms with Crippen molar-refractivity contribution in [3.05, 3.63) is 53.2 Å². The third-order valence-corrected chi connectivity index (χ3v) is 4.32. The normalized spacial score (nSPS) is 10.5. The fraction of sp³-hybridized carbons (Fsp3) is 0.167. The Bertz CT molecular complexity index is 827. The summed E-state index contributed by atoms with van der Waals surface area (Å²) in [7, 11) is 0. The van der Waals surface area contributed by atoms with Gasteiger partial charge in [0.1, 0.15) is 18.4 Å². The van der Waals surface area contributed by atoms with Crippen LogP contribution in [0.2, 0.25) is 0 Å². The van der Waals surface area contributed by atoms with Crippen LogP contribution in [0.5, 0.6) is 0 Å². The number of anilines is 1. The molecule has 0 bridgehead atoms. The molecular weight excluding hydrogens is 454 g/mol. The van der Waals surface area contributed by atoms with Gasteiger partial charge in [0.05, 0.1) is 15.5 Å². The summed E-state index contributed by atoms with van der Waals surface area (Å²) in [4.78, 5) is 32.5. The summed E-state index contributed by atoms with van der Waals surface area (Å²) in [6, 6.07) is 2.51. The zero-order valence-electron chi connectivity index (χ0n) is 12.0. The van der Waals surface area contributed by atoms with E-state index in [-0.39, 0.29) is 23.6 Å². The lowest BCUT2D eigenvalue weighted by atomic mass is 10.3. The van der Waals surface area contributed by atoms with Crippen molar-refractivity contribution in [2.45, 2.75) is 13.5 Å². The molecule has 1 N–H and O–H groups in total. The van der Waals surface area contributed by atoms with Gasteiger partial charge >= 0.3 is 5.69 Å². The molecule has 0 atom stereocenters. The van der Waals surface area contributed by atoms with E-state index in [4.69, 9.17) is 0 Å². The summed E-state index contributed by atoms with van der Waals surface area (Å²) < 4.78 is 1.83. The SMILES string of the molecule is Cc1c([N+](=O)[O-])cnn1CC(=O)Nc1c(Br)cc([N+](=O)[O-])cc1Br. The molecule has 0 saturated heterocycles. The molecule has 1 amide bonds. The predicted octanol–water partition coefficient (Wildman–Crippen LogP) is 3.17. The summed E-state index contributed by atoms with van der Waals surface area (Å²) in [5.41, 5.74) is 0.229. The lowest BCUT2D eigenvalue weighted by Gasteiger charge is -2.10. The van der Waals surface area contributed by atoms with Crippen LogP contribution in [0.15, 0.2) is 27.3 Å². The Balaban J connectivity index is 2.19. The van der Waals surface area contributed by atoms with E-state index in [9.17, 15) is 25.0 Å². The van der Waals surface area contributed by atoms with Crippen LogP contribution in [0.25, 0.3) is 0 Å². The van der Waals surface area contributed by atoms with Crippen LogP contribution in [-0.4, -0.2) is 25.5 Å². The van der Waals surface area contributed by atoms with Crippen molar-refractivity contribution in [2.24, 2.45) is 0 Å². The Kier molecular flexibility index (Phi) is 5.29. The molecular formula is C12H9Br2N5O5. The summed E-state index contributed by atoms with van der Waals surface area (Å²) in [5.74, 6) is -0.494. The minimum absolute atomic E-state index is 0.148. The van der Waals surface area contributed by atoms with E-state index in [0.29, 0.717) is 14.6 Å². The van der Waals surface area contributed by atoms with Crippen LogP contribution in [0, 0.1) is 27.2 Å². The van der Waals surface area contributed by atoms with Gasteiger partial charge in [0.15, 0.2) is 0 Å². The van der Waals surface area contributed by atoms with Crippen LogP contribution in [-0.2, 0) is 11.3 Å². The van der Waals surface area contributed by atoms with Crippen molar-refractivity contribution in [1.29, 1.82) is 0 Å². The number of amides is 1. The van der Waals surface area contributed by atoms with Crippen molar-refractivity contribution in [3.8, 4) is 0 Å². The van der Waals surface area contributed by atoms with Crippen LogP contribution in [0.3, 0.4) is 0 Å². The van der Waals surface area contributed by atoms with E-state index in [0.717, 1.165) is 6.20 Å². The van der Waals surface area contributed by atoms with E-state index in [1.807, 2.05) is 0 Å². The smallest absolute Gasteiger partial charge is 0.309 e. The molecule has 10 nitrogen and oxygen atoms in total. The fourth-order valence-corrected chi connectivity index (χ4v) is 3.24. The van der Waals surface area contributed by atoms with Gasteiger partial charge in [0, 0.05) is 21.1 Å². The zero-order chi connectivity index (χ0) is 18.0. The highest BCUT2D eigenvalue weighted by molar-refractivity contribution is 9.11. The lowest BCUT2D eigenvalue weighted by Crippen LogP contribution is -2.20. The van der Waals surface area contributed by atoms with E-state index < -0.39 is 15.8 Å². The molecule has 0 aliphatic heterocycles. The first-order valence-electron chi connectivity index (χ1n) is 6.30. The number of carbonyl (C=O) groups is 1. The summed E-state index contributed by atoms with van der Waals surface area (Å²) in [6.07, 6.45) is 1.07. The number of non-ortho nitro benzene ring substituents is 1. The van der Waals surface area contributed by atoms with E-state index >= 15 is 0 Å². The Morgan fingerprint density at radius 1 is 1.25 bits per heavy atom. The van der Waals surface area contributed by atoms with Crippen molar-refractivity contribution >= 4 is 54.8 Å². The number of benzene rings is 1. The number of rotatable bonds is 5. The van der Waals surface area contributed by atoms with Gasteiger partial charge in [-0.05, 0) is 38.8 Å². The molecule has 2 rings (SSSR count). The van der Waals surface area contributed by atoms with Gasteiger partial charge in [0.25, 0.3) is 5.69 Å². The third-order valence-electron chi connectivity index (χ3n) is 3.07. The average Bonchev–Trinajstić information content (AvgIpc) is 2.83. The molecule has 1 heterocycles. The first kappa shape index (κ1) is 18.0. The number of carbonyl (C=O) groups excluding carboxylic acids is 1. The molecule has 0 spiro atoms. The number of halogens is 2. The van der Waals surface area contributed by atoms with Crippen molar-refractivity contribution < 1.29 is 14.6 Å². The Morgan fingerprint density at radius 3 is 2.29 bits per heavy atom. The molecule has 0 fully saturated rings. The number of nitro groups is 2. The van der Waals surface area contributed by atoms with E-state index in [1.165, 1.54) is 23.7 Å². The second-order valence-electron chi connectivity index (χ2n) is 4.62. The average molecular weight is 463 g/mol. The van der Waals surface area contributed by atoms with E-state index in [1.54, 1.807) is 0 Å². The van der Waals surface area contributed by atoms with Crippen LogP contribution in [0.4, 0.5) is 17.1 Å². The monoisotopic (exact) mass is 461 g/mol. The maximum Gasteiger partial charge on any atom is 0.309 e. The molecule has 0 saturated carbocycles. The van der Waals surface area contributed by atoms with Crippen LogP contribution < -0.4 is 5.32 Å². The predicted molar refractivity (Wildman–Crippen MR) is 90.7 cm³/mol. The largest absolute Gasteiger partial charge is 0.323 e. The molecule has 1 aromatic carbocycles. The summed E-state index contributed by atoms with van der Waals surface area (Å²) in [6.45, 7) is 1.24. The van der Waals surface area contributed by atoms with Gasteiger partial charge in [0.2, 0.25) is 5.91 Å². The maximum atomic E-state index is 12.1. The number of hydrogen-bond acceptors (Lipinski definition) is 6. The number of aromatic nitrogens is 2. The van der Waals surface area contributed by atoms with Gasteiger partial charge in [-0.25, -0.2) is 0 Å². The third kappa shape index (κ3) is 3.76. The molecule has 24 heavy (non-hydrogen) atoms. The maximum absolute atomic E-state index is 12.1. The van der Waals surface area contributed by atoms with Crippen molar-refractivity contribution in [3.63, 3.8) is 0 Å². The van der Waals surface area contributed by atoms with E-state index in [2.05, 4.69) is 42.3 Å². The zero-order valence-corrected chi connectivity index (χ0v) is 15.2. The molecule has 1 aromatic heterocycles. The molecule has 0 unspecified atom stereocenters. The van der Waals surface area contributed by atoms with Crippen molar-refractivity contribution in [2.75, 3.05) is 5.32 Å². The first-order chi connectivity index (χ1) is 11.2. The molecule has 0 radical (unpaired) electrons. The van der Waals surface area contributed by atoms with Crippen LogP contribution in [0.1, 0.15) is 5.69 Å². The minimum Gasteiger partial charge on any atom is -0.323 e. The molecule has 12 heteroatoms. The number of nitrogens with one attached hydrogen (secondary N) is 1. The molecule has 2 aromatic rings. The standard InChI is InChI=1S/C12H9Br2N5O5/c1-6-10(19(23)24)4-15-17(6)5-11(20)16-12-8(13)2-7(18(21)22)3-9(12)14/h2-4H,5H2,1H3,(H,16,20). The van der Waals surface area contributed by atoms with Gasteiger partial charge in [-0.1, -0.05) is 0 Å². The fourth-order valence-electron chi connectivity index (χ4n) is 1.87. The Morgan fingerprint density at radius 2 is 1.83 bits per heavy atom. The van der Waals surface area contributed by atoms with Gasteiger partial charge in [-0.15, -0.1) is 0 Å². The van der Waals surface area contributed by atoms with Gasteiger partial charge < -0.3 is 5.32 Å². The molecule has 0 aliphatic rings. The first-order valence-corrected chi connectivity index (χ1v) is 7.89. The highest BCUT2D eigenvalue weighted by atomic mass is 79.9. The number of nitro benzene ring substituents is 1. The minimum atomic E-state index is -0.583. The Labute approximate surface area is 151 Å². The lowest BCUT2D eigenvalue weighted by molar-refractivity contribution is -0.385. The van der Waals surface area contributed by atoms with Gasteiger partial charge in [-0.3, -0.25) is 29.7 Å². The summed E-state index contributed by atoms with van der Waals surface area (Å²) in [5, 5.41) is 27.9. The quantitative estimate of drug-likeness (QED) is 0.535. The van der Waals surface area contributed by atoms with Crippen molar-refractivity contribution in [1.82, 2.24) is 9.78 Å². The summed E-state index contributed by atoms with van der Waals surface area (Å²) >= 11 is 6.31. The molecule has 0 aliphatic carbocycles. The van der Waals surface area contributed by atoms with Gasteiger partial charge in [-0.2, -0.15) is 5.10 Å². The second kappa shape index (κ2) is 7.05. The highest BCUT2D eigenvalue weighted by Gasteiger charge is 2.20. The highest BCUT2D eigenvalue weighted by Crippen LogP contribution is 2.35. The topological polar surface area (TPSA) is 133 Å².